The lowest BCUT2D eigenvalue weighted by molar-refractivity contribution is 0.116. The van der Waals surface area contributed by atoms with Crippen LogP contribution in [0, 0.1) is 5.92 Å². The van der Waals surface area contributed by atoms with Crippen LogP contribution in [-0.4, -0.2) is 45.5 Å². The van der Waals surface area contributed by atoms with E-state index in [9.17, 15) is 8.42 Å². The number of ether oxygens (including phenoxy) is 1. The third-order valence-corrected chi connectivity index (χ3v) is 4.82. The van der Waals surface area contributed by atoms with Crippen LogP contribution in [0.3, 0.4) is 0 Å². The number of nitrogens with one attached hydrogen (secondary N) is 2. The summed E-state index contributed by atoms with van der Waals surface area (Å²) < 4.78 is 32.5. The molecule has 0 aliphatic rings. The Hall–Kier alpha value is -0.170. The van der Waals surface area contributed by atoms with Crippen molar-refractivity contribution in [2.75, 3.05) is 19.8 Å². The molecule has 116 valence electrons. The summed E-state index contributed by atoms with van der Waals surface area (Å²) in [7, 11) is -3.32. The van der Waals surface area contributed by atoms with Gasteiger partial charge in [-0.1, -0.05) is 27.7 Å². The maximum atomic E-state index is 12.2. The van der Waals surface area contributed by atoms with Crippen LogP contribution in [0.4, 0.5) is 0 Å². The lowest BCUT2D eigenvalue weighted by Crippen LogP contribution is -2.48. The Morgan fingerprint density at radius 3 is 2.11 bits per heavy atom. The summed E-state index contributed by atoms with van der Waals surface area (Å²) in [6.07, 6.45) is 0. The van der Waals surface area contributed by atoms with Crippen LogP contribution in [0.25, 0.3) is 0 Å². The smallest absolute Gasteiger partial charge is 0.215 e. The van der Waals surface area contributed by atoms with Gasteiger partial charge in [0, 0.05) is 25.2 Å². The molecule has 0 aromatic heterocycles. The predicted molar refractivity (Wildman–Crippen MR) is 79.8 cm³/mol. The Kier molecular flexibility index (Phi) is 8.81. The third-order valence-electron chi connectivity index (χ3n) is 2.97. The molecule has 2 atom stereocenters. The Labute approximate surface area is 118 Å². The zero-order valence-electron chi connectivity index (χ0n) is 13.1. The molecule has 6 heteroatoms. The molecule has 2 N–H and O–H groups in total. The number of hydrogen-bond donors (Lipinski definition) is 2. The summed E-state index contributed by atoms with van der Waals surface area (Å²) >= 11 is 0. The van der Waals surface area contributed by atoms with Crippen LogP contribution in [0.5, 0.6) is 0 Å². The van der Waals surface area contributed by atoms with E-state index in [1.165, 1.54) is 0 Å². The Bertz CT molecular complexity index is 329. The molecule has 0 spiro atoms. The molecule has 2 unspecified atom stereocenters. The average molecular weight is 294 g/mol. The second-order valence-electron chi connectivity index (χ2n) is 5.55. The maximum absolute atomic E-state index is 12.2. The van der Waals surface area contributed by atoms with Crippen LogP contribution in [-0.2, 0) is 14.8 Å². The molecule has 0 bridgehead atoms. The Morgan fingerprint density at radius 2 is 1.68 bits per heavy atom. The van der Waals surface area contributed by atoms with Crippen molar-refractivity contribution in [2.45, 2.75) is 58.9 Å². The van der Waals surface area contributed by atoms with Gasteiger partial charge in [0.15, 0.2) is 0 Å². The summed E-state index contributed by atoms with van der Waals surface area (Å²) in [6, 6.07) is 0.105. The molecule has 5 nitrogen and oxygen atoms in total. The van der Waals surface area contributed by atoms with Crippen LogP contribution in [0.1, 0.15) is 41.5 Å². The first-order chi connectivity index (χ1) is 8.70. The van der Waals surface area contributed by atoms with Gasteiger partial charge in [0.25, 0.3) is 0 Å². The van der Waals surface area contributed by atoms with Crippen molar-refractivity contribution in [1.29, 1.82) is 0 Å². The van der Waals surface area contributed by atoms with E-state index >= 15 is 0 Å². The average Bonchev–Trinajstić information content (AvgIpc) is 2.30. The summed E-state index contributed by atoms with van der Waals surface area (Å²) in [5.74, 6) is 0.201. The van der Waals surface area contributed by atoms with Gasteiger partial charge < -0.3 is 10.1 Å². The molecule has 0 rings (SSSR count). The van der Waals surface area contributed by atoms with Crippen LogP contribution in [0.2, 0.25) is 0 Å². The van der Waals surface area contributed by atoms with Gasteiger partial charge in [0.2, 0.25) is 10.0 Å². The first-order valence-corrected chi connectivity index (χ1v) is 8.57. The van der Waals surface area contributed by atoms with E-state index in [-0.39, 0.29) is 18.0 Å². The highest BCUT2D eigenvalue weighted by Crippen LogP contribution is 2.07. The van der Waals surface area contributed by atoms with E-state index in [0.29, 0.717) is 19.8 Å². The molecule has 0 heterocycles. The lowest BCUT2D eigenvalue weighted by atomic mass is 10.1. The van der Waals surface area contributed by atoms with E-state index in [0.717, 1.165) is 0 Å². The van der Waals surface area contributed by atoms with E-state index < -0.39 is 15.3 Å². The molecule has 0 saturated heterocycles. The van der Waals surface area contributed by atoms with Gasteiger partial charge in [-0.05, 0) is 19.8 Å². The first kappa shape index (κ1) is 18.8. The molecule has 0 saturated carbocycles. The van der Waals surface area contributed by atoms with Crippen LogP contribution < -0.4 is 10.0 Å². The molecule has 0 aliphatic heterocycles. The van der Waals surface area contributed by atoms with Crippen molar-refractivity contribution in [3.05, 3.63) is 0 Å². The zero-order valence-corrected chi connectivity index (χ0v) is 13.9. The summed E-state index contributed by atoms with van der Waals surface area (Å²) in [6.45, 7) is 13.1. The zero-order chi connectivity index (χ0) is 15.1. The van der Waals surface area contributed by atoms with Gasteiger partial charge in [-0.15, -0.1) is 0 Å². The largest absolute Gasteiger partial charge is 0.380 e. The first-order valence-electron chi connectivity index (χ1n) is 7.03. The van der Waals surface area contributed by atoms with Crippen molar-refractivity contribution < 1.29 is 13.2 Å². The van der Waals surface area contributed by atoms with E-state index in [2.05, 4.69) is 10.0 Å². The maximum Gasteiger partial charge on any atom is 0.215 e. The molecule has 0 aromatic carbocycles. The van der Waals surface area contributed by atoms with Gasteiger partial charge in [0.05, 0.1) is 11.9 Å². The van der Waals surface area contributed by atoms with Crippen LogP contribution in [0.15, 0.2) is 0 Å². The van der Waals surface area contributed by atoms with Gasteiger partial charge in [-0.3, -0.25) is 0 Å². The second-order valence-corrected chi connectivity index (χ2v) is 7.68. The standard InChI is InChI=1S/C13H30N2O3S/c1-7-18-9-13(10(2)3)15-19(16,17)12(6)8-14-11(4)5/h10-15H,7-9H2,1-6H3. The topological polar surface area (TPSA) is 67.4 Å². The highest BCUT2D eigenvalue weighted by Gasteiger charge is 2.26. The third kappa shape index (κ3) is 7.87. The van der Waals surface area contributed by atoms with Crippen molar-refractivity contribution in [1.82, 2.24) is 10.0 Å². The monoisotopic (exact) mass is 294 g/mol. The van der Waals surface area contributed by atoms with Crippen LogP contribution >= 0.6 is 0 Å². The fourth-order valence-electron chi connectivity index (χ4n) is 1.45. The van der Waals surface area contributed by atoms with Crippen molar-refractivity contribution in [3.8, 4) is 0 Å². The Morgan fingerprint density at radius 1 is 1.11 bits per heavy atom. The van der Waals surface area contributed by atoms with Gasteiger partial charge in [-0.25, -0.2) is 13.1 Å². The van der Waals surface area contributed by atoms with Crippen molar-refractivity contribution in [3.63, 3.8) is 0 Å². The molecule has 0 aliphatic carbocycles. The minimum Gasteiger partial charge on any atom is -0.380 e. The lowest BCUT2D eigenvalue weighted by Gasteiger charge is -2.24. The number of hydrogen-bond acceptors (Lipinski definition) is 4. The fourth-order valence-corrected chi connectivity index (χ4v) is 2.76. The SMILES string of the molecule is CCOCC(NS(=O)(=O)C(C)CNC(C)C)C(C)C. The second kappa shape index (κ2) is 8.89. The van der Waals surface area contributed by atoms with Gasteiger partial charge in [-0.2, -0.15) is 0 Å². The van der Waals surface area contributed by atoms with Crippen molar-refractivity contribution >= 4 is 10.0 Å². The molecule has 0 amide bonds. The highest BCUT2D eigenvalue weighted by molar-refractivity contribution is 7.90. The summed E-state index contributed by atoms with van der Waals surface area (Å²) in [4.78, 5) is 0. The predicted octanol–water partition coefficient (Wildman–Crippen LogP) is 1.35. The minimum absolute atomic E-state index is 0.175. The highest BCUT2D eigenvalue weighted by atomic mass is 32.2. The number of sulfonamides is 1. The molecule has 19 heavy (non-hydrogen) atoms. The molecular formula is C13H30N2O3S. The molecular weight excluding hydrogens is 264 g/mol. The van der Waals surface area contributed by atoms with E-state index in [1.807, 2.05) is 34.6 Å². The normalized spacial score (nSPS) is 16.0. The molecule has 0 radical (unpaired) electrons. The minimum atomic E-state index is -3.32. The van der Waals surface area contributed by atoms with Gasteiger partial charge >= 0.3 is 0 Å². The van der Waals surface area contributed by atoms with E-state index in [4.69, 9.17) is 4.74 Å². The molecule has 0 aromatic rings. The quantitative estimate of drug-likeness (QED) is 0.638. The molecule has 0 fully saturated rings. The van der Waals surface area contributed by atoms with Gasteiger partial charge in [0.1, 0.15) is 0 Å². The fraction of sp³-hybridized carbons (Fsp3) is 1.00. The number of rotatable bonds is 10. The summed E-state index contributed by atoms with van der Waals surface area (Å²) in [5.41, 5.74) is 0. The summed E-state index contributed by atoms with van der Waals surface area (Å²) in [5, 5.41) is 2.69. The van der Waals surface area contributed by atoms with E-state index in [1.54, 1.807) is 6.92 Å². The Balaban J connectivity index is 4.52. The van der Waals surface area contributed by atoms with Crippen molar-refractivity contribution in [2.24, 2.45) is 5.92 Å².